The van der Waals surface area contributed by atoms with Crippen LogP contribution in [-0.4, -0.2) is 50.2 Å². The summed E-state index contributed by atoms with van der Waals surface area (Å²) < 4.78 is 5.81. The van der Waals surface area contributed by atoms with Crippen molar-refractivity contribution < 1.29 is 9.53 Å². The van der Waals surface area contributed by atoms with Gasteiger partial charge in [-0.25, -0.2) is 9.97 Å². The molecular weight excluding hydrogens is 318 g/mol. The number of likely N-dealkylation sites (tertiary alicyclic amines) is 1. The van der Waals surface area contributed by atoms with Gasteiger partial charge in [0.05, 0.1) is 17.9 Å². The van der Waals surface area contributed by atoms with Gasteiger partial charge in [0.15, 0.2) is 5.69 Å². The molecule has 0 saturated carbocycles. The van der Waals surface area contributed by atoms with E-state index in [9.17, 15) is 4.79 Å². The average molecular weight is 341 g/mol. The Morgan fingerprint density at radius 2 is 2.12 bits per heavy atom. The standard InChI is InChI=1S/C18H23N5O2/c1-11-9-14-16(12(2)25-11)21-22-17(14)18(24)23-7-4-13(5-8-23)15-3-6-19-10-20-15/h3,6,10-13H,4-5,7-9H2,1-2H3,(H,21,22)/t11-,12+/m1/s1. The smallest absolute Gasteiger partial charge is 0.274 e. The molecule has 1 fully saturated rings. The normalized spacial score (nSPS) is 24.2. The van der Waals surface area contributed by atoms with E-state index in [4.69, 9.17) is 4.74 Å². The highest BCUT2D eigenvalue weighted by Gasteiger charge is 2.33. The second-order valence-electron chi connectivity index (χ2n) is 6.96. The SMILES string of the molecule is C[C@@H]1Cc2c(C(=O)N3CCC(c4ccncn4)CC3)n[nH]c2[C@H](C)O1. The number of rotatable bonds is 2. The molecule has 132 valence electrons. The van der Waals surface area contributed by atoms with E-state index in [-0.39, 0.29) is 18.1 Å². The quantitative estimate of drug-likeness (QED) is 0.905. The Bertz CT molecular complexity index is 752. The van der Waals surface area contributed by atoms with Gasteiger partial charge in [-0.15, -0.1) is 0 Å². The Balaban J connectivity index is 1.47. The molecule has 0 bridgehead atoms. The Kier molecular flexibility index (Phi) is 4.25. The number of nitrogens with zero attached hydrogens (tertiary/aromatic N) is 4. The lowest BCUT2D eigenvalue weighted by Gasteiger charge is -2.32. The zero-order valence-electron chi connectivity index (χ0n) is 14.6. The van der Waals surface area contributed by atoms with Crippen molar-refractivity contribution in [1.29, 1.82) is 0 Å². The van der Waals surface area contributed by atoms with Gasteiger partial charge >= 0.3 is 0 Å². The first-order valence-electron chi connectivity index (χ1n) is 8.91. The monoisotopic (exact) mass is 341 g/mol. The molecule has 0 aromatic carbocycles. The number of H-pyrrole nitrogens is 1. The number of piperidine rings is 1. The summed E-state index contributed by atoms with van der Waals surface area (Å²) in [5.41, 5.74) is 3.60. The fourth-order valence-corrected chi connectivity index (χ4v) is 3.92. The number of aromatic amines is 1. The molecule has 2 atom stereocenters. The number of hydrogen-bond acceptors (Lipinski definition) is 5. The molecule has 1 saturated heterocycles. The molecule has 2 aliphatic heterocycles. The second-order valence-corrected chi connectivity index (χ2v) is 6.96. The third-order valence-corrected chi connectivity index (χ3v) is 5.24. The van der Waals surface area contributed by atoms with Crippen LogP contribution in [0.15, 0.2) is 18.6 Å². The molecule has 7 nitrogen and oxygen atoms in total. The molecule has 1 amide bonds. The largest absolute Gasteiger partial charge is 0.369 e. The molecule has 25 heavy (non-hydrogen) atoms. The van der Waals surface area contributed by atoms with E-state index in [1.165, 1.54) is 0 Å². The summed E-state index contributed by atoms with van der Waals surface area (Å²) in [7, 11) is 0. The van der Waals surface area contributed by atoms with Gasteiger partial charge in [-0.05, 0) is 32.8 Å². The van der Waals surface area contributed by atoms with Crippen LogP contribution < -0.4 is 0 Å². The average Bonchev–Trinajstić information content (AvgIpc) is 3.06. The third kappa shape index (κ3) is 3.04. The molecule has 4 rings (SSSR count). The maximum atomic E-state index is 13.0. The highest BCUT2D eigenvalue weighted by atomic mass is 16.5. The Morgan fingerprint density at radius 3 is 2.84 bits per heavy atom. The van der Waals surface area contributed by atoms with Gasteiger partial charge in [0, 0.05) is 42.9 Å². The summed E-state index contributed by atoms with van der Waals surface area (Å²) in [5.74, 6) is 0.425. The summed E-state index contributed by atoms with van der Waals surface area (Å²) in [6.45, 7) is 5.50. The first kappa shape index (κ1) is 16.2. The van der Waals surface area contributed by atoms with Crippen molar-refractivity contribution in [1.82, 2.24) is 25.1 Å². The molecule has 0 radical (unpaired) electrons. The van der Waals surface area contributed by atoms with Crippen LogP contribution >= 0.6 is 0 Å². The molecule has 0 unspecified atom stereocenters. The van der Waals surface area contributed by atoms with Gasteiger partial charge in [0.25, 0.3) is 5.91 Å². The Labute approximate surface area is 146 Å². The maximum absolute atomic E-state index is 13.0. The molecule has 4 heterocycles. The fraction of sp³-hybridized carbons (Fsp3) is 0.556. The highest BCUT2D eigenvalue weighted by Crippen LogP contribution is 2.32. The van der Waals surface area contributed by atoms with E-state index in [2.05, 4.69) is 20.2 Å². The minimum atomic E-state index is -0.0451. The second kappa shape index (κ2) is 6.55. The number of nitrogens with one attached hydrogen (secondary N) is 1. The number of fused-ring (bicyclic) bond motifs is 1. The van der Waals surface area contributed by atoms with Crippen LogP contribution in [0.4, 0.5) is 0 Å². The summed E-state index contributed by atoms with van der Waals surface area (Å²) in [5, 5.41) is 7.33. The van der Waals surface area contributed by atoms with Crippen molar-refractivity contribution in [2.45, 2.75) is 51.2 Å². The number of aromatic nitrogens is 4. The molecular formula is C18H23N5O2. The number of carbonyl (C=O) groups is 1. The van der Waals surface area contributed by atoms with Crippen molar-refractivity contribution in [3.63, 3.8) is 0 Å². The van der Waals surface area contributed by atoms with Gasteiger partial charge in [-0.3, -0.25) is 9.89 Å². The topological polar surface area (TPSA) is 84.0 Å². The molecule has 2 aromatic heterocycles. The maximum Gasteiger partial charge on any atom is 0.274 e. The van der Waals surface area contributed by atoms with Gasteiger partial charge < -0.3 is 9.64 Å². The van der Waals surface area contributed by atoms with E-state index in [1.807, 2.05) is 24.8 Å². The molecule has 2 aliphatic rings. The van der Waals surface area contributed by atoms with Gasteiger partial charge in [0.1, 0.15) is 6.33 Å². The van der Waals surface area contributed by atoms with Crippen molar-refractivity contribution in [2.24, 2.45) is 0 Å². The third-order valence-electron chi connectivity index (χ3n) is 5.24. The van der Waals surface area contributed by atoms with E-state index in [0.29, 0.717) is 11.6 Å². The van der Waals surface area contributed by atoms with E-state index in [0.717, 1.165) is 49.3 Å². The van der Waals surface area contributed by atoms with E-state index >= 15 is 0 Å². The number of ether oxygens (including phenoxy) is 1. The Hall–Kier alpha value is -2.28. The minimum absolute atomic E-state index is 0.0277. The number of carbonyl (C=O) groups excluding carboxylic acids is 1. The van der Waals surface area contributed by atoms with Gasteiger partial charge in [-0.2, -0.15) is 5.10 Å². The van der Waals surface area contributed by atoms with Crippen LogP contribution in [0.5, 0.6) is 0 Å². The fourth-order valence-electron chi connectivity index (χ4n) is 3.92. The first-order valence-corrected chi connectivity index (χ1v) is 8.91. The van der Waals surface area contributed by atoms with Crippen LogP contribution in [0.1, 0.15) is 66.2 Å². The van der Waals surface area contributed by atoms with Crippen molar-refractivity contribution in [3.05, 3.63) is 41.2 Å². The van der Waals surface area contributed by atoms with Crippen LogP contribution in [0.3, 0.4) is 0 Å². The molecule has 2 aromatic rings. The summed E-state index contributed by atoms with van der Waals surface area (Å²) in [6, 6.07) is 1.97. The summed E-state index contributed by atoms with van der Waals surface area (Å²) >= 11 is 0. The van der Waals surface area contributed by atoms with Gasteiger partial charge in [0.2, 0.25) is 0 Å². The molecule has 7 heteroatoms. The summed E-state index contributed by atoms with van der Waals surface area (Å²) in [4.78, 5) is 23.2. The van der Waals surface area contributed by atoms with Gasteiger partial charge in [-0.1, -0.05) is 0 Å². The van der Waals surface area contributed by atoms with Crippen LogP contribution in [0, 0.1) is 0 Å². The van der Waals surface area contributed by atoms with Crippen molar-refractivity contribution in [2.75, 3.05) is 13.1 Å². The predicted molar refractivity (Wildman–Crippen MR) is 91.2 cm³/mol. The first-order chi connectivity index (χ1) is 12.1. The Morgan fingerprint density at radius 1 is 1.32 bits per heavy atom. The van der Waals surface area contributed by atoms with E-state index < -0.39 is 0 Å². The zero-order chi connectivity index (χ0) is 17.4. The molecule has 0 aliphatic carbocycles. The van der Waals surface area contributed by atoms with Crippen LogP contribution in [0.25, 0.3) is 0 Å². The van der Waals surface area contributed by atoms with Crippen LogP contribution in [0.2, 0.25) is 0 Å². The summed E-state index contributed by atoms with van der Waals surface area (Å²) in [6.07, 6.45) is 6.00. The zero-order valence-corrected chi connectivity index (χ0v) is 14.6. The lowest BCUT2D eigenvalue weighted by Crippen LogP contribution is -2.39. The minimum Gasteiger partial charge on any atom is -0.369 e. The highest BCUT2D eigenvalue weighted by molar-refractivity contribution is 5.94. The lowest BCUT2D eigenvalue weighted by molar-refractivity contribution is -0.00703. The molecule has 1 N–H and O–H groups in total. The number of hydrogen-bond donors (Lipinski definition) is 1. The van der Waals surface area contributed by atoms with E-state index in [1.54, 1.807) is 12.5 Å². The van der Waals surface area contributed by atoms with Crippen molar-refractivity contribution >= 4 is 5.91 Å². The van der Waals surface area contributed by atoms with Crippen molar-refractivity contribution in [3.8, 4) is 0 Å². The predicted octanol–water partition coefficient (Wildman–Crippen LogP) is 2.24. The van der Waals surface area contributed by atoms with Crippen LogP contribution in [-0.2, 0) is 11.2 Å². The molecule has 0 spiro atoms. The lowest BCUT2D eigenvalue weighted by atomic mass is 9.92. The number of amides is 1.